The van der Waals surface area contributed by atoms with E-state index in [0.29, 0.717) is 22.0 Å². The third kappa shape index (κ3) is 1.76. The van der Waals surface area contributed by atoms with Gasteiger partial charge >= 0.3 is 0 Å². The summed E-state index contributed by atoms with van der Waals surface area (Å²) in [6.45, 7) is 0. The van der Waals surface area contributed by atoms with Crippen molar-refractivity contribution in [1.29, 1.82) is 0 Å². The SMILES string of the molecule is O=C(Nc1ccc(Br)cc1F)C1C2C3CCC(C3)C12. The zero-order valence-corrected chi connectivity index (χ0v) is 12.0. The maximum absolute atomic E-state index is 13.7. The van der Waals surface area contributed by atoms with E-state index in [1.165, 1.54) is 25.3 Å². The zero-order chi connectivity index (χ0) is 13.1. The topological polar surface area (TPSA) is 29.1 Å². The van der Waals surface area contributed by atoms with Crippen LogP contribution in [0.25, 0.3) is 0 Å². The molecule has 0 spiro atoms. The van der Waals surface area contributed by atoms with E-state index < -0.39 is 0 Å². The van der Waals surface area contributed by atoms with Crippen molar-refractivity contribution < 1.29 is 9.18 Å². The van der Waals surface area contributed by atoms with Crippen LogP contribution in [0.15, 0.2) is 22.7 Å². The summed E-state index contributed by atoms with van der Waals surface area (Å²) in [5, 5.41) is 2.76. The molecule has 2 nitrogen and oxygen atoms in total. The normalized spacial score (nSPS) is 38.1. The van der Waals surface area contributed by atoms with Crippen molar-refractivity contribution in [3.05, 3.63) is 28.5 Å². The fraction of sp³-hybridized carbons (Fsp3) is 0.533. The summed E-state index contributed by atoms with van der Waals surface area (Å²) in [7, 11) is 0. The lowest BCUT2D eigenvalue weighted by Crippen LogP contribution is -2.19. The van der Waals surface area contributed by atoms with Crippen LogP contribution < -0.4 is 5.32 Å². The highest BCUT2D eigenvalue weighted by Crippen LogP contribution is 2.69. The van der Waals surface area contributed by atoms with Crippen molar-refractivity contribution in [3.8, 4) is 0 Å². The molecule has 1 aromatic carbocycles. The molecule has 4 atom stereocenters. The largest absolute Gasteiger partial charge is 0.323 e. The van der Waals surface area contributed by atoms with Crippen LogP contribution in [0.3, 0.4) is 0 Å². The van der Waals surface area contributed by atoms with E-state index >= 15 is 0 Å². The van der Waals surface area contributed by atoms with Crippen molar-refractivity contribution >= 4 is 27.5 Å². The molecular formula is C15H15BrFNO. The Hall–Kier alpha value is -0.900. The highest BCUT2D eigenvalue weighted by molar-refractivity contribution is 9.10. The summed E-state index contributed by atoms with van der Waals surface area (Å²) in [6, 6.07) is 4.74. The molecule has 3 aliphatic rings. The Labute approximate surface area is 119 Å². The van der Waals surface area contributed by atoms with Crippen molar-refractivity contribution in [1.82, 2.24) is 0 Å². The van der Waals surface area contributed by atoms with E-state index in [-0.39, 0.29) is 17.6 Å². The molecule has 4 heteroatoms. The molecule has 1 N–H and O–H groups in total. The van der Waals surface area contributed by atoms with Crippen LogP contribution >= 0.6 is 15.9 Å². The second kappa shape index (κ2) is 4.05. The summed E-state index contributed by atoms with van der Waals surface area (Å²) in [5.41, 5.74) is 0.297. The number of amides is 1. The summed E-state index contributed by atoms with van der Waals surface area (Å²) in [4.78, 5) is 12.3. The molecule has 0 radical (unpaired) electrons. The Kier molecular flexibility index (Phi) is 2.53. The smallest absolute Gasteiger partial charge is 0.228 e. The Bertz CT molecular complexity index is 545. The lowest BCUT2D eigenvalue weighted by atomic mass is 10.0. The predicted molar refractivity (Wildman–Crippen MR) is 74.0 cm³/mol. The zero-order valence-electron chi connectivity index (χ0n) is 10.4. The molecule has 19 heavy (non-hydrogen) atoms. The number of carbonyl (C=O) groups excluding carboxylic acids is 1. The number of halogens is 2. The minimum Gasteiger partial charge on any atom is -0.323 e. The highest BCUT2D eigenvalue weighted by Gasteiger charge is 2.67. The van der Waals surface area contributed by atoms with Gasteiger partial charge < -0.3 is 5.32 Å². The predicted octanol–water partition coefficient (Wildman–Crippen LogP) is 3.82. The first-order chi connectivity index (χ1) is 9.15. The number of benzene rings is 1. The van der Waals surface area contributed by atoms with Crippen LogP contribution in [0.4, 0.5) is 10.1 Å². The Morgan fingerprint density at radius 1 is 1.26 bits per heavy atom. The number of nitrogens with one attached hydrogen (secondary N) is 1. The molecular weight excluding hydrogens is 309 g/mol. The van der Waals surface area contributed by atoms with Crippen molar-refractivity contribution in [2.45, 2.75) is 19.3 Å². The van der Waals surface area contributed by atoms with Gasteiger partial charge in [0, 0.05) is 10.4 Å². The fourth-order valence-corrected chi connectivity index (χ4v) is 4.82. The lowest BCUT2D eigenvalue weighted by molar-refractivity contribution is -0.118. The summed E-state index contributed by atoms with van der Waals surface area (Å²) in [6.07, 6.45) is 3.91. The molecule has 0 aliphatic heterocycles. The Morgan fingerprint density at radius 3 is 2.58 bits per heavy atom. The monoisotopic (exact) mass is 323 g/mol. The van der Waals surface area contributed by atoms with Gasteiger partial charge in [-0.3, -0.25) is 4.79 Å². The number of fused-ring (bicyclic) bond motifs is 5. The van der Waals surface area contributed by atoms with Gasteiger partial charge in [0.15, 0.2) is 0 Å². The van der Waals surface area contributed by atoms with Crippen LogP contribution in [-0.2, 0) is 4.79 Å². The maximum atomic E-state index is 13.7. The molecule has 0 heterocycles. The first kappa shape index (κ1) is 11.9. The van der Waals surface area contributed by atoms with E-state index in [4.69, 9.17) is 0 Å². The first-order valence-electron chi connectivity index (χ1n) is 6.91. The van der Waals surface area contributed by atoms with Crippen LogP contribution in [-0.4, -0.2) is 5.91 Å². The Morgan fingerprint density at radius 2 is 1.95 bits per heavy atom. The van der Waals surface area contributed by atoms with Gasteiger partial charge in [0.1, 0.15) is 5.82 Å². The molecule has 0 aromatic heterocycles. The molecule has 3 aliphatic carbocycles. The average Bonchev–Trinajstić information content (AvgIpc) is 2.82. The van der Waals surface area contributed by atoms with Gasteiger partial charge in [0.05, 0.1) is 5.69 Å². The fourth-order valence-electron chi connectivity index (χ4n) is 4.48. The number of rotatable bonds is 2. The number of hydrogen-bond donors (Lipinski definition) is 1. The molecule has 4 rings (SSSR count). The second-order valence-corrected chi connectivity index (χ2v) is 7.04. The van der Waals surface area contributed by atoms with Crippen LogP contribution in [0.2, 0.25) is 0 Å². The molecule has 100 valence electrons. The molecule has 1 amide bonds. The number of anilines is 1. The highest BCUT2D eigenvalue weighted by atomic mass is 79.9. The minimum atomic E-state index is -0.378. The Balaban J connectivity index is 1.48. The van der Waals surface area contributed by atoms with E-state index in [2.05, 4.69) is 21.2 Å². The van der Waals surface area contributed by atoms with Gasteiger partial charge in [-0.15, -0.1) is 0 Å². The summed E-state index contributed by atoms with van der Waals surface area (Å²) < 4.78 is 14.4. The van der Waals surface area contributed by atoms with Gasteiger partial charge in [-0.2, -0.15) is 0 Å². The first-order valence-corrected chi connectivity index (χ1v) is 7.70. The van der Waals surface area contributed by atoms with Crippen molar-refractivity contribution in [2.75, 3.05) is 5.32 Å². The lowest BCUT2D eigenvalue weighted by Gasteiger charge is -2.10. The van der Waals surface area contributed by atoms with E-state index in [1.807, 2.05) is 0 Å². The van der Waals surface area contributed by atoms with Crippen molar-refractivity contribution in [2.24, 2.45) is 29.6 Å². The quantitative estimate of drug-likeness (QED) is 0.880. The van der Waals surface area contributed by atoms with Crippen LogP contribution in [0.5, 0.6) is 0 Å². The third-order valence-corrected chi connectivity index (χ3v) is 5.72. The summed E-state index contributed by atoms with van der Waals surface area (Å²) >= 11 is 3.21. The van der Waals surface area contributed by atoms with Gasteiger partial charge in [-0.05, 0) is 61.1 Å². The average molecular weight is 324 g/mol. The third-order valence-electron chi connectivity index (χ3n) is 5.23. The van der Waals surface area contributed by atoms with Gasteiger partial charge in [-0.1, -0.05) is 15.9 Å². The standard InChI is InChI=1S/C15H15BrFNO/c16-9-3-4-11(10(17)6-9)18-15(19)14-12-7-1-2-8(5-7)13(12)14/h3-4,6-8,12-14H,1-2,5H2,(H,18,19). The van der Waals surface area contributed by atoms with Gasteiger partial charge in [0.2, 0.25) is 5.91 Å². The van der Waals surface area contributed by atoms with Crippen molar-refractivity contribution in [3.63, 3.8) is 0 Å². The van der Waals surface area contributed by atoms with Crippen LogP contribution in [0.1, 0.15) is 19.3 Å². The molecule has 2 bridgehead atoms. The number of carbonyl (C=O) groups is 1. The van der Waals surface area contributed by atoms with E-state index in [0.717, 1.165) is 11.8 Å². The minimum absolute atomic E-state index is 0.0211. The van der Waals surface area contributed by atoms with E-state index in [9.17, 15) is 9.18 Å². The molecule has 0 saturated heterocycles. The second-order valence-electron chi connectivity index (χ2n) is 6.13. The van der Waals surface area contributed by atoms with Gasteiger partial charge in [0.25, 0.3) is 0 Å². The van der Waals surface area contributed by atoms with E-state index in [1.54, 1.807) is 12.1 Å². The number of hydrogen-bond acceptors (Lipinski definition) is 1. The maximum Gasteiger partial charge on any atom is 0.228 e. The molecule has 3 saturated carbocycles. The molecule has 3 fully saturated rings. The molecule has 1 aromatic rings. The molecule has 4 unspecified atom stereocenters. The van der Waals surface area contributed by atoms with Crippen LogP contribution in [0, 0.1) is 35.4 Å². The summed E-state index contributed by atoms with van der Waals surface area (Å²) in [5.74, 6) is 2.51. The van der Waals surface area contributed by atoms with Gasteiger partial charge in [-0.25, -0.2) is 4.39 Å².